The van der Waals surface area contributed by atoms with E-state index >= 15 is 0 Å². The third kappa shape index (κ3) is 4.02. The highest BCUT2D eigenvalue weighted by Crippen LogP contribution is 2.24. The van der Waals surface area contributed by atoms with Crippen molar-refractivity contribution in [2.24, 2.45) is 0 Å². The van der Waals surface area contributed by atoms with E-state index in [1.165, 1.54) is 0 Å². The zero-order valence-electron chi connectivity index (χ0n) is 15.9. The SMILES string of the molecule is C[C@@H](OC(=O)Cc1n[nH]c(=O)c2ccccc12)C(=O)N1[C@@H](C)CCC[C@@H]1C. The second-order valence-electron chi connectivity index (χ2n) is 7.23. The largest absolute Gasteiger partial charge is 0.452 e. The lowest BCUT2D eigenvalue weighted by Crippen LogP contribution is -2.51. The number of ether oxygens (including phenoxy) is 1. The second-order valence-corrected chi connectivity index (χ2v) is 7.23. The highest BCUT2D eigenvalue weighted by atomic mass is 16.5. The molecule has 1 N–H and O–H groups in total. The lowest BCUT2D eigenvalue weighted by atomic mass is 9.97. The normalized spacial score (nSPS) is 21.1. The third-order valence-electron chi connectivity index (χ3n) is 5.19. The molecule has 3 atom stereocenters. The number of carbonyl (C=O) groups excluding carboxylic acids is 2. The molecule has 0 bridgehead atoms. The Morgan fingerprint density at radius 1 is 1.22 bits per heavy atom. The molecule has 2 heterocycles. The molecule has 1 fully saturated rings. The molecule has 0 saturated carbocycles. The van der Waals surface area contributed by atoms with Crippen molar-refractivity contribution >= 4 is 22.6 Å². The van der Waals surface area contributed by atoms with Crippen molar-refractivity contribution in [3.63, 3.8) is 0 Å². The highest BCUT2D eigenvalue weighted by Gasteiger charge is 2.33. The summed E-state index contributed by atoms with van der Waals surface area (Å²) in [5.41, 5.74) is 0.119. The first-order valence-corrected chi connectivity index (χ1v) is 9.36. The fraction of sp³-hybridized carbons (Fsp3) is 0.500. The van der Waals surface area contributed by atoms with Gasteiger partial charge in [-0.05, 0) is 46.1 Å². The van der Waals surface area contributed by atoms with Gasteiger partial charge in [-0.15, -0.1) is 0 Å². The molecule has 1 aromatic heterocycles. The monoisotopic (exact) mass is 371 g/mol. The molecule has 1 aromatic carbocycles. The molecule has 7 nitrogen and oxygen atoms in total. The molecule has 7 heteroatoms. The van der Waals surface area contributed by atoms with Crippen LogP contribution in [0.1, 0.15) is 45.7 Å². The number of esters is 1. The van der Waals surface area contributed by atoms with Gasteiger partial charge in [-0.2, -0.15) is 5.10 Å². The molecule has 144 valence electrons. The molecule has 1 saturated heterocycles. The van der Waals surface area contributed by atoms with Gasteiger partial charge in [-0.3, -0.25) is 14.4 Å². The van der Waals surface area contributed by atoms with Crippen LogP contribution in [0.25, 0.3) is 10.8 Å². The van der Waals surface area contributed by atoms with Crippen molar-refractivity contribution in [1.29, 1.82) is 0 Å². The van der Waals surface area contributed by atoms with Gasteiger partial charge in [0.05, 0.1) is 17.5 Å². The van der Waals surface area contributed by atoms with Crippen molar-refractivity contribution in [2.45, 2.75) is 64.6 Å². The van der Waals surface area contributed by atoms with E-state index in [1.807, 2.05) is 18.7 Å². The smallest absolute Gasteiger partial charge is 0.312 e. The number of aromatic nitrogens is 2. The zero-order chi connectivity index (χ0) is 19.6. The molecule has 3 rings (SSSR count). The molecule has 1 aliphatic heterocycles. The number of piperidine rings is 1. The molecule has 1 aliphatic rings. The molecule has 0 spiro atoms. The third-order valence-corrected chi connectivity index (χ3v) is 5.19. The molecular weight excluding hydrogens is 346 g/mol. The summed E-state index contributed by atoms with van der Waals surface area (Å²) >= 11 is 0. The average Bonchev–Trinajstić information content (AvgIpc) is 2.64. The topological polar surface area (TPSA) is 92.4 Å². The number of aromatic amines is 1. The fourth-order valence-electron chi connectivity index (χ4n) is 3.80. The Labute approximate surface area is 157 Å². The summed E-state index contributed by atoms with van der Waals surface area (Å²) in [6, 6.07) is 7.24. The van der Waals surface area contributed by atoms with Crippen LogP contribution < -0.4 is 5.56 Å². The summed E-state index contributed by atoms with van der Waals surface area (Å²) in [6.07, 6.45) is 2.06. The van der Waals surface area contributed by atoms with Gasteiger partial charge < -0.3 is 9.64 Å². The van der Waals surface area contributed by atoms with Crippen LogP contribution in [-0.4, -0.2) is 45.2 Å². The van der Waals surface area contributed by atoms with Crippen LogP contribution >= 0.6 is 0 Å². The van der Waals surface area contributed by atoms with Crippen molar-refractivity contribution in [3.8, 4) is 0 Å². The van der Waals surface area contributed by atoms with Crippen LogP contribution in [0.15, 0.2) is 29.1 Å². The van der Waals surface area contributed by atoms with Gasteiger partial charge in [0.1, 0.15) is 0 Å². The second kappa shape index (κ2) is 7.90. The maximum Gasteiger partial charge on any atom is 0.312 e. The quantitative estimate of drug-likeness (QED) is 0.832. The summed E-state index contributed by atoms with van der Waals surface area (Å²) in [5.74, 6) is -0.708. The Bertz CT molecular complexity index is 897. The van der Waals surface area contributed by atoms with E-state index in [0.29, 0.717) is 16.5 Å². The molecule has 27 heavy (non-hydrogen) atoms. The predicted molar refractivity (Wildman–Crippen MR) is 101 cm³/mol. The van der Waals surface area contributed by atoms with Crippen molar-refractivity contribution in [3.05, 3.63) is 40.3 Å². The minimum absolute atomic E-state index is 0.111. The van der Waals surface area contributed by atoms with E-state index in [2.05, 4.69) is 10.2 Å². The predicted octanol–water partition coefficient (Wildman–Crippen LogP) is 2.19. The standard InChI is InChI=1S/C20H25N3O4/c1-12-7-6-8-13(2)23(12)20(26)14(3)27-18(24)11-17-15-9-4-5-10-16(15)19(25)22-21-17/h4-5,9-10,12-14H,6-8,11H2,1-3H3,(H,22,25)/t12-,13-,14+/m0/s1. The van der Waals surface area contributed by atoms with Crippen LogP contribution in [0.2, 0.25) is 0 Å². The van der Waals surface area contributed by atoms with Crippen LogP contribution in [0.4, 0.5) is 0 Å². The Morgan fingerprint density at radius 3 is 2.52 bits per heavy atom. The minimum Gasteiger partial charge on any atom is -0.452 e. The lowest BCUT2D eigenvalue weighted by Gasteiger charge is -2.40. The van der Waals surface area contributed by atoms with Gasteiger partial charge >= 0.3 is 5.97 Å². The van der Waals surface area contributed by atoms with E-state index in [0.717, 1.165) is 19.3 Å². The summed E-state index contributed by atoms with van der Waals surface area (Å²) in [5, 5.41) is 7.45. The zero-order valence-corrected chi connectivity index (χ0v) is 15.9. The molecule has 0 unspecified atom stereocenters. The van der Waals surface area contributed by atoms with Crippen molar-refractivity contribution in [1.82, 2.24) is 15.1 Å². The summed E-state index contributed by atoms with van der Waals surface area (Å²) in [6.45, 7) is 5.66. The number of H-pyrrole nitrogens is 1. The van der Waals surface area contributed by atoms with E-state index < -0.39 is 12.1 Å². The van der Waals surface area contributed by atoms with Crippen molar-refractivity contribution in [2.75, 3.05) is 0 Å². The van der Waals surface area contributed by atoms with Gasteiger partial charge in [-0.25, -0.2) is 5.10 Å². The number of hydrogen-bond donors (Lipinski definition) is 1. The Morgan fingerprint density at radius 2 is 1.85 bits per heavy atom. The van der Waals surface area contributed by atoms with Crippen LogP contribution in [-0.2, 0) is 20.7 Å². The van der Waals surface area contributed by atoms with Crippen molar-refractivity contribution < 1.29 is 14.3 Å². The average molecular weight is 371 g/mol. The number of rotatable bonds is 4. The van der Waals surface area contributed by atoms with E-state index in [9.17, 15) is 14.4 Å². The van der Waals surface area contributed by atoms with Gasteiger partial charge in [0.15, 0.2) is 6.10 Å². The Hall–Kier alpha value is -2.70. The number of amides is 1. The first kappa shape index (κ1) is 19.1. The Kier molecular flexibility index (Phi) is 5.58. The molecule has 0 radical (unpaired) electrons. The molecular formula is C20H25N3O4. The maximum absolute atomic E-state index is 12.7. The fourth-order valence-corrected chi connectivity index (χ4v) is 3.80. The van der Waals surface area contributed by atoms with Gasteiger partial charge in [0.25, 0.3) is 11.5 Å². The number of hydrogen-bond acceptors (Lipinski definition) is 5. The highest BCUT2D eigenvalue weighted by molar-refractivity contribution is 5.88. The lowest BCUT2D eigenvalue weighted by molar-refractivity contribution is -0.161. The number of nitrogens with one attached hydrogen (secondary N) is 1. The molecule has 2 aromatic rings. The van der Waals surface area contributed by atoms with E-state index in [1.54, 1.807) is 31.2 Å². The number of likely N-dealkylation sites (tertiary alicyclic amines) is 1. The molecule has 1 amide bonds. The van der Waals surface area contributed by atoms with Crippen LogP contribution in [0, 0.1) is 0 Å². The van der Waals surface area contributed by atoms with Crippen LogP contribution in [0.3, 0.4) is 0 Å². The summed E-state index contributed by atoms with van der Waals surface area (Å²) in [4.78, 5) is 38.8. The molecule has 0 aliphatic carbocycles. The number of carbonyl (C=O) groups is 2. The maximum atomic E-state index is 12.7. The first-order valence-electron chi connectivity index (χ1n) is 9.36. The minimum atomic E-state index is -0.852. The van der Waals surface area contributed by atoms with Gasteiger partial charge in [0, 0.05) is 17.5 Å². The van der Waals surface area contributed by atoms with E-state index in [-0.39, 0.29) is 30.0 Å². The summed E-state index contributed by atoms with van der Waals surface area (Å²) in [7, 11) is 0. The summed E-state index contributed by atoms with van der Waals surface area (Å²) < 4.78 is 5.38. The first-order chi connectivity index (χ1) is 12.9. The van der Waals surface area contributed by atoms with Gasteiger partial charge in [-0.1, -0.05) is 18.2 Å². The number of nitrogens with zero attached hydrogens (tertiary/aromatic N) is 2. The Balaban J connectivity index is 1.70. The number of benzene rings is 1. The van der Waals surface area contributed by atoms with E-state index in [4.69, 9.17) is 4.74 Å². The van der Waals surface area contributed by atoms with Gasteiger partial charge in [0.2, 0.25) is 0 Å². The number of fused-ring (bicyclic) bond motifs is 1. The van der Waals surface area contributed by atoms with Crippen LogP contribution in [0.5, 0.6) is 0 Å².